The van der Waals surface area contributed by atoms with Gasteiger partial charge in [0.1, 0.15) is 23.2 Å². The summed E-state index contributed by atoms with van der Waals surface area (Å²) in [5.41, 5.74) is 1.26. The van der Waals surface area contributed by atoms with Crippen molar-refractivity contribution in [2.75, 3.05) is 6.16 Å². The molecule has 0 atom stereocenters. The van der Waals surface area contributed by atoms with Crippen molar-refractivity contribution < 1.29 is 0 Å². The molecule has 0 radical (unpaired) electrons. The molecule has 0 nitrogen and oxygen atoms in total. The fourth-order valence-electron chi connectivity index (χ4n) is 3.45. The Hall–Kier alpha value is -2.69. The van der Waals surface area contributed by atoms with Crippen LogP contribution >= 0.6 is 7.26 Å². The lowest BCUT2D eigenvalue weighted by atomic mass is 10.3. The number of hydrogen-bond acceptors (Lipinski definition) is 0. The van der Waals surface area contributed by atoms with Gasteiger partial charge in [0.05, 0.1) is 6.16 Å². The first-order valence-electron chi connectivity index (χ1n) is 9.30. The zero-order valence-corrected chi connectivity index (χ0v) is 16.7. The zero-order valence-electron chi connectivity index (χ0n) is 15.8. The lowest BCUT2D eigenvalue weighted by Crippen LogP contribution is -2.33. The lowest BCUT2D eigenvalue weighted by molar-refractivity contribution is 1.51. The van der Waals surface area contributed by atoms with Crippen LogP contribution in [0.25, 0.3) is 0 Å². The first kappa shape index (κ1) is 19.1. The van der Waals surface area contributed by atoms with Gasteiger partial charge < -0.3 is 0 Å². The quantitative estimate of drug-likeness (QED) is 0.372. The van der Waals surface area contributed by atoms with E-state index in [0.717, 1.165) is 6.16 Å². The van der Waals surface area contributed by atoms with Gasteiger partial charge in [0.15, 0.2) is 0 Å². The van der Waals surface area contributed by atoms with E-state index >= 15 is 0 Å². The van der Waals surface area contributed by atoms with Gasteiger partial charge in [0.2, 0.25) is 0 Å². The van der Waals surface area contributed by atoms with Crippen molar-refractivity contribution in [3.8, 4) is 0 Å². The average Bonchev–Trinajstić information content (AvgIpc) is 2.76. The largest absolute Gasteiger partial charge is 0.116 e. The molecule has 134 valence electrons. The van der Waals surface area contributed by atoms with Gasteiger partial charge >= 0.3 is 0 Å². The molecule has 0 aromatic heterocycles. The highest BCUT2D eigenvalue weighted by Crippen LogP contribution is 2.56. The minimum Gasteiger partial charge on any atom is -0.0987 e. The van der Waals surface area contributed by atoms with Crippen molar-refractivity contribution in [2.45, 2.75) is 6.92 Å². The van der Waals surface area contributed by atoms with Gasteiger partial charge in [-0.05, 0) is 48.9 Å². The Balaban J connectivity index is 2.30. The monoisotopic (exact) mass is 369 g/mol. The van der Waals surface area contributed by atoms with E-state index in [-0.39, 0.29) is 0 Å². The van der Waals surface area contributed by atoms with E-state index in [1.807, 2.05) is 13.0 Å². The third-order valence-corrected chi connectivity index (χ3v) is 9.15. The van der Waals surface area contributed by atoms with Crippen LogP contribution in [0, 0.1) is 0 Å². The molecule has 3 rings (SSSR count). The molecule has 0 spiro atoms. The second-order valence-electron chi connectivity index (χ2n) is 6.45. The van der Waals surface area contributed by atoms with Crippen molar-refractivity contribution in [1.82, 2.24) is 0 Å². The van der Waals surface area contributed by atoms with Crippen LogP contribution in [-0.2, 0) is 0 Å². The van der Waals surface area contributed by atoms with Crippen molar-refractivity contribution >= 4 is 23.2 Å². The maximum absolute atomic E-state index is 4.09. The molecular weight excluding hydrogens is 343 g/mol. The summed E-state index contributed by atoms with van der Waals surface area (Å²) in [6.45, 7) is 6.14. The summed E-state index contributed by atoms with van der Waals surface area (Å²) in [6.07, 6.45) is 9.32. The van der Waals surface area contributed by atoms with Crippen molar-refractivity contribution in [3.63, 3.8) is 0 Å². The van der Waals surface area contributed by atoms with Crippen LogP contribution in [0.3, 0.4) is 0 Å². The number of allylic oxidation sites excluding steroid dienone is 5. The lowest BCUT2D eigenvalue weighted by Gasteiger charge is -2.28. The molecule has 0 N–H and O–H groups in total. The molecule has 0 unspecified atom stereocenters. The summed E-state index contributed by atoms with van der Waals surface area (Å²) in [7, 11) is -1.84. The molecule has 1 heteroatoms. The van der Waals surface area contributed by atoms with Gasteiger partial charge in [-0.1, -0.05) is 85.5 Å². The first-order chi connectivity index (χ1) is 13.3. The number of benzene rings is 3. The fraction of sp³-hybridized carbons (Fsp3) is 0.0769. The second-order valence-corrected chi connectivity index (χ2v) is 9.93. The summed E-state index contributed by atoms with van der Waals surface area (Å²) >= 11 is 0. The SMILES string of the molecule is C=C/C(=C\C=C/C)C[P+](c1ccccc1)(c1ccccc1)c1ccccc1. The highest BCUT2D eigenvalue weighted by atomic mass is 31.2. The van der Waals surface area contributed by atoms with Crippen LogP contribution < -0.4 is 15.9 Å². The maximum atomic E-state index is 4.09. The van der Waals surface area contributed by atoms with E-state index in [9.17, 15) is 0 Å². The number of hydrogen-bond donors (Lipinski definition) is 0. The standard InChI is InChI=1S/C26H26P/c1-3-5-15-23(4-2)22-27(24-16-9-6-10-17-24,25-18-11-7-12-19-25)26-20-13-8-14-21-26/h3-21H,2,22H2,1H3/q+1/b5-3-,23-15+. The Labute approximate surface area is 163 Å². The Morgan fingerprint density at radius 1 is 0.741 bits per heavy atom. The van der Waals surface area contributed by atoms with E-state index in [1.165, 1.54) is 21.5 Å². The molecular formula is C26H26P+. The predicted octanol–water partition coefficient (Wildman–Crippen LogP) is 5.67. The Kier molecular flexibility index (Phi) is 6.58. The van der Waals surface area contributed by atoms with Crippen LogP contribution in [0.2, 0.25) is 0 Å². The van der Waals surface area contributed by atoms with Crippen LogP contribution in [-0.4, -0.2) is 6.16 Å². The Morgan fingerprint density at radius 2 is 1.15 bits per heavy atom. The minimum absolute atomic E-state index is 0.957. The van der Waals surface area contributed by atoms with Crippen LogP contribution in [0.15, 0.2) is 127 Å². The van der Waals surface area contributed by atoms with E-state index in [2.05, 4.69) is 116 Å². The molecule has 3 aromatic rings. The molecule has 0 aliphatic rings. The van der Waals surface area contributed by atoms with Crippen LogP contribution in [0.4, 0.5) is 0 Å². The molecule has 0 aliphatic carbocycles. The molecule has 0 heterocycles. The molecule has 0 aliphatic heterocycles. The summed E-state index contributed by atoms with van der Waals surface area (Å²) in [4.78, 5) is 0. The molecule has 0 amide bonds. The van der Waals surface area contributed by atoms with Gasteiger partial charge in [0, 0.05) is 0 Å². The first-order valence-corrected chi connectivity index (χ1v) is 11.3. The van der Waals surface area contributed by atoms with Crippen molar-refractivity contribution in [1.29, 1.82) is 0 Å². The van der Waals surface area contributed by atoms with Gasteiger partial charge in [0.25, 0.3) is 0 Å². The van der Waals surface area contributed by atoms with Crippen LogP contribution in [0.5, 0.6) is 0 Å². The van der Waals surface area contributed by atoms with Gasteiger partial charge in [-0.25, -0.2) is 0 Å². The van der Waals surface area contributed by atoms with Crippen LogP contribution in [0.1, 0.15) is 6.92 Å². The fourth-order valence-corrected chi connectivity index (χ4v) is 7.72. The maximum Gasteiger partial charge on any atom is 0.116 e. The second kappa shape index (κ2) is 9.31. The van der Waals surface area contributed by atoms with Gasteiger partial charge in [-0.15, -0.1) is 0 Å². The van der Waals surface area contributed by atoms with Crippen molar-refractivity contribution in [2.24, 2.45) is 0 Å². The topological polar surface area (TPSA) is 0 Å². The van der Waals surface area contributed by atoms with E-state index < -0.39 is 7.26 Å². The summed E-state index contributed by atoms with van der Waals surface area (Å²) in [6, 6.07) is 32.9. The summed E-state index contributed by atoms with van der Waals surface area (Å²) in [5.74, 6) is 0. The van der Waals surface area contributed by atoms with E-state index in [1.54, 1.807) is 0 Å². The smallest absolute Gasteiger partial charge is 0.0987 e. The Bertz CT molecular complexity index is 810. The molecule has 3 aromatic carbocycles. The van der Waals surface area contributed by atoms with E-state index in [4.69, 9.17) is 0 Å². The normalized spacial score (nSPS) is 12.3. The minimum atomic E-state index is -1.84. The van der Waals surface area contributed by atoms with Gasteiger partial charge in [-0.2, -0.15) is 0 Å². The van der Waals surface area contributed by atoms with E-state index in [0.29, 0.717) is 0 Å². The average molecular weight is 369 g/mol. The van der Waals surface area contributed by atoms with Crippen molar-refractivity contribution in [3.05, 3.63) is 127 Å². The van der Waals surface area contributed by atoms with Gasteiger partial charge in [-0.3, -0.25) is 0 Å². The predicted molar refractivity (Wildman–Crippen MR) is 123 cm³/mol. The molecule has 0 bridgehead atoms. The summed E-state index contributed by atoms with van der Waals surface area (Å²) in [5, 5.41) is 4.20. The number of rotatable bonds is 7. The third kappa shape index (κ3) is 4.18. The molecule has 0 saturated heterocycles. The summed E-state index contributed by atoms with van der Waals surface area (Å²) < 4.78 is 0. The molecule has 0 saturated carbocycles. The molecule has 27 heavy (non-hydrogen) atoms. The zero-order chi connectivity index (χ0) is 19.0. The highest BCUT2D eigenvalue weighted by Gasteiger charge is 2.45. The highest BCUT2D eigenvalue weighted by molar-refractivity contribution is 7.95. The molecule has 0 fully saturated rings. The third-order valence-electron chi connectivity index (χ3n) is 4.78. The Morgan fingerprint density at radius 3 is 1.48 bits per heavy atom.